The smallest absolute Gasteiger partial charge is 0.295 e. The minimum absolute atomic E-state index is 0.497. The molecule has 5 heteroatoms. The summed E-state index contributed by atoms with van der Waals surface area (Å²) >= 11 is 0. The third-order valence-corrected chi connectivity index (χ3v) is 3.14. The Morgan fingerprint density at radius 3 is 3.00 bits per heavy atom. The molecule has 0 aliphatic rings. The second-order valence-corrected chi connectivity index (χ2v) is 4.45. The average molecular weight is 269 g/mol. The standard InChI is InChI=1S/C15H15N3O2/c1-10-11(4-3-7-16-10)9-17-15-18-13-6-5-12(19-2)8-14(13)20-15/h3-8H,9H2,1-2H3,(H,17,18). The molecule has 0 radical (unpaired) electrons. The molecule has 0 bridgehead atoms. The van der Waals surface area contributed by atoms with Gasteiger partial charge in [-0.05, 0) is 30.7 Å². The highest BCUT2D eigenvalue weighted by Gasteiger charge is 2.07. The zero-order valence-corrected chi connectivity index (χ0v) is 11.4. The van der Waals surface area contributed by atoms with Crippen LogP contribution >= 0.6 is 0 Å². The number of oxazole rings is 1. The average Bonchev–Trinajstić information content (AvgIpc) is 2.88. The van der Waals surface area contributed by atoms with E-state index in [1.807, 2.05) is 37.3 Å². The molecule has 3 aromatic rings. The highest BCUT2D eigenvalue weighted by atomic mass is 16.5. The van der Waals surface area contributed by atoms with Crippen LogP contribution in [0.2, 0.25) is 0 Å². The topological polar surface area (TPSA) is 60.2 Å². The van der Waals surface area contributed by atoms with Crippen molar-refractivity contribution in [1.82, 2.24) is 9.97 Å². The van der Waals surface area contributed by atoms with Crippen LogP contribution in [0.1, 0.15) is 11.3 Å². The molecular formula is C15H15N3O2. The second kappa shape index (κ2) is 5.21. The number of benzene rings is 1. The van der Waals surface area contributed by atoms with Gasteiger partial charge in [0.15, 0.2) is 5.58 Å². The number of methoxy groups -OCH3 is 1. The maximum atomic E-state index is 5.65. The zero-order chi connectivity index (χ0) is 13.9. The van der Waals surface area contributed by atoms with Crippen molar-refractivity contribution in [1.29, 1.82) is 0 Å². The number of aryl methyl sites for hydroxylation is 1. The summed E-state index contributed by atoms with van der Waals surface area (Å²) < 4.78 is 10.8. The summed E-state index contributed by atoms with van der Waals surface area (Å²) in [6, 6.07) is 10.00. The molecule has 3 rings (SSSR count). The van der Waals surface area contributed by atoms with Gasteiger partial charge in [0, 0.05) is 24.5 Å². The minimum atomic E-state index is 0.497. The second-order valence-electron chi connectivity index (χ2n) is 4.45. The number of aromatic nitrogens is 2. The lowest BCUT2D eigenvalue weighted by Crippen LogP contribution is -2.02. The van der Waals surface area contributed by atoms with E-state index in [4.69, 9.17) is 9.15 Å². The number of ether oxygens (including phenoxy) is 1. The zero-order valence-electron chi connectivity index (χ0n) is 11.4. The van der Waals surface area contributed by atoms with Crippen LogP contribution in [0.3, 0.4) is 0 Å². The maximum absolute atomic E-state index is 5.65. The molecule has 102 valence electrons. The SMILES string of the molecule is COc1ccc2nc(NCc3cccnc3C)oc2c1. The Morgan fingerprint density at radius 2 is 2.20 bits per heavy atom. The number of hydrogen-bond donors (Lipinski definition) is 1. The van der Waals surface area contributed by atoms with Crippen LogP contribution < -0.4 is 10.1 Å². The molecule has 1 aromatic carbocycles. The van der Waals surface area contributed by atoms with Gasteiger partial charge in [0.25, 0.3) is 6.01 Å². The highest BCUT2D eigenvalue weighted by Crippen LogP contribution is 2.23. The Hall–Kier alpha value is -2.56. The van der Waals surface area contributed by atoms with Crippen molar-refractivity contribution < 1.29 is 9.15 Å². The summed E-state index contributed by atoms with van der Waals surface area (Å²) in [7, 11) is 1.63. The van der Waals surface area contributed by atoms with Crippen molar-refractivity contribution in [3.05, 3.63) is 47.8 Å². The van der Waals surface area contributed by atoms with Crippen LogP contribution in [0.4, 0.5) is 6.01 Å². The van der Waals surface area contributed by atoms with Gasteiger partial charge in [0.1, 0.15) is 11.3 Å². The van der Waals surface area contributed by atoms with Crippen molar-refractivity contribution in [3.8, 4) is 5.75 Å². The number of anilines is 1. The van der Waals surface area contributed by atoms with Crippen LogP contribution in [0.25, 0.3) is 11.1 Å². The van der Waals surface area contributed by atoms with E-state index < -0.39 is 0 Å². The first-order valence-corrected chi connectivity index (χ1v) is 6.35. The molecule has 0 aliphatic carbocycles. The molecule has 0 spiro atoms. The van der Waals surface area contributed by atoms with Gasteiger partial charge in [0.05, 0.1) is 7.11 Å². The Kier molecular flexibility index (Phi) is 3.25. The molecule has 2 aromatic heterocycles. The van der Waals surface area contributed by atoms with Crippen molar-refractivity contribution in [2.75, 3.05) is 12.4 Å². The van der Waals surface area contributed by atoms with Crippen molar-refractivity contribution in [2.45, 2.75) is 13.5 Å². The summed E-state index contributed by atoms with van der Waals surface area (Å²) in [4.78, 5) is 8.63. The Balaban J connectivity index is 1.79. The van der Waals surface area contributed by atoms with E-state index in [2.05, 4.69) is 15.3 Å². The van der Waals surface area contributed by atoms with Crippen molar-refractivity contribution >= 4 is 17.1 Å². The van der Waals surface area contributed by atoms with Crippen LogP contribution in [-0.4, -0.2) is 17.1 Å². The molecule has 0 saturated carbocycles. The lowest BCUT2D eigenvalue weighted by Gasteiger charge is -2.04. The van der Waals surface area contributed by atoms with E-state index in [1.165, 1.54) is 0 Å². The summed E-state index contributed by atoms with van der Waals surface area (Å²) in [5.74, 6) is 0.753. The highest BCUT2D eigenvalue weighted by molar-refractivity contribution is 5.76. The van der Waals surface area contributed by atoms with Gasteiger partial charge in [-0.1, -0.05) is 6.07 Å². The van der Waals surface area contributed by atoms with Gasteiger partial charge in [0.2, 0.25) is 0 Å². The normalized spacial score (nSPS) is 10.7. The van der Waals surface area contributed by atoms with Gasteiger partial charge < -0.3 is 14.5 Å². The summed E-state index contributed by atoms with van der Waals surface area (Å²) in [6.07, 6.45) is 1.78. The van der Waals surface area contributed by atoms with E-state index in [-0.39, 0.29) is 0 Å². The molecule has 0 aliphatic heterocycles. The Morgan fingerprint density at radius 1 is 1.30 bits per heavy atom. The monoisotopic (exact) mass is 269 g/mol. The quantitative estimate of drug-likeness (QED) is 0.788. The van der Waals surface area contributed by atoms with Crippen LogP contribution in [0, 0.1) is 6.92 Å². The van der Waals surface area contributed by atoms with E-state index in [1.54, 1.807) is 13.3 Å². The summed E-state index contributed by atoms with van der Waals surface area (Å²) in [6.45, 7) is 2.61. The fourth-order valence-electron chi connectivity index (χ4n) is 1.98. The van der Waals surface area contributed by atoms with E-state index in [9.17, 15) is 0 Å². The van der Waals surface area contributed by atoms with Gasteiger partial charge in [-0.25, -0.2) is 0 Å². The minimum Gasteiger partial charge on any atom is -0.497 e. The predicted octanol–water partition coefficient (Wildman–Crippen LogP) is 3.15. The number of fused-ring (bicyclic) bond motifs is 1. The first-order chi connectivity index (χ1) is 9.76. The molecule has 0 saturated heterocycles. The molecule has 0 fully saturated rings. The molecule has 20 heavy (non-hydrogen) atoms. The number of pyridine rings is 1. The molecule has 1 N–H and O–H groups in total. The maximum Gasteiger partial charge on any atom is 0.295 e. The van der Waals surface area contributed by atoms with Crippen LogP contribution in [0.5, 0.6) is 5.75 Å². The van der Waals surface area contributed by atoms with Crippen molar-refractivity contribution in [2.24, 2.45) is 0 Å². The Bertz CT molecular complexity index is 737. The van der Waals surface area contributed by atoms with Gasteiger partial charge in [-0.3, -0.25) is 4.98 Å². The van der Waals surface area contributed by atoms with E-state index >= 15 is 0 Å². The van der Waals surface area contributed by atoms with E-state index in [0.717, 1.165) is 22.5 Å². The van der Waals surface area contributed by atoms with Crippen LogP contribution in [0.15, 0.2) is 40.9 Å². The molecule has 2 heterocycles. The first-order valence-electron chi connectivity index (χ1n) is 6.35. The fraction of sp³-hybridized carbons (Fsp3) is 0.200. The van der Waals surface area contributed by atoms with E-state index in [0.29, 0.717) is 18.1 Å². The van der Waals surface area contributed by atoms with Gasteiger partial charge >= 0.3 is 0 Å². The summed E-state index contributed by atoms with van der Waals surface area (Å²) in [5, 5.41) is 3.17. The number of rotatable bonds is 4. The van der Waals surface area contributed by atoms with Crippen molar-refractivity contribution in [3.63, 3.8) is 0 Å². The fourth-order valence-corrected chi connectivity index (χ4v) is 1.98. The Labute approximate surface area is 116 Å². The molecular weight excluding hydrogens is 254 g/mol. The first kappa shape index (κ1) is 12.5. The van der Waals surface area contributed by atoms with Gasteiger partial charge in [-0.15, -0.1) is 0 Å². The molecule has 0 amide bonds. The lowest BCUT2D eigenvalue weighted by atomic mass is 10.2. The number of hydrogen-bond acceptors (Lipinski definition) is 5. The summed E-state index contributed by atoms with van der Waals surface area (Å²) in [5.41, 5.74) is 3.62. The van der Waals surface area contributed by atoms with Gasteiger partial charge in [-0.2, -0.15) is 4.98 Å². The number of nitrogens with zero attached hydrogens (tertiary/aromatic N) is 2. The third-order valence-electron chi connectivity index (χ3n) is 3.14. The van der Waals surface area contributed by atoms with Crippen LogP contribution in [-0.2, 0) is 6.54 Å². The third kappa shape index (κ3) is 2.42. The predicted molar refractivity (Wildman–Crippen MR) is 76.9 cm³/mol. The number of nitrogens with one attached hydrogen (secondary N) is 1. The molecule has 0 unspecified atom stereocenters. The lowest BCUT2D eigenvalue weighted by molar-refractivity contribution is 0.414. The molecule has 0 atom stereocenters. The molecule has 5 nitrogen and oxygen atoms in total. The largest absolute Gasteiger partial charge is 0.497 e.